The van der Waals surface area contributed by atoms with Gasteiger partial charge in [-0.3, -0.25) is 9.69 Å². The van der Waals surface area contributed by atoms with Crippen LogP contribution in [0.25, 0.3) is 0 Å². The van der Waals surface area contributed by atoms with E-state index in [1.165, 1.54) is 0 Å². The van der Waals surface area contributed by atoms with E-state index >= 15 is 0 Å². The Morgan fingerprint density at radius 1 is 1.18 bits per heavy atom. The summed E-state index contributed by atoms with van der Waals surface area (Å²) in [6, 6.07) is 0.456. The average molecular weight is 259 g/mol. The number of aliphatic carboxylic acids is 1. The van der Waals surface area contributed by atoms with E-state index in [9.17, 15) is 13.2 Å². The topological polar surface area (TPSA) is 74.7 Å². The summed E-state index contributed by atoms with van der Waals surface area (Å²) in [6.45, 7) is 0. The number of rotatable bonds is 2. The van der Waals surface area contributed by atoms with Crippen LogP contribution < -0.4 is 0 Å². The summed E-state index contributed by atoms with van der Waals surface area (Å²) < 4.78 is 23.0. The van der Waals surface area contributed by atoms with E-state index < -0.39 is 15.8 Å². The molecule has 0 amide bonds. The quantitative estimate of drug-likeness (QED) is 0.762. The summed E-state index contributed by atoms with van der Waals surface area (Å²) >= 11 is 0. The second kappa shape index (κ2) is 3.68. The maximum absolute atomic E-state index is 11.5. The Balaban J connectivity index is 1.80. The predicted octanol–water partition coefficient (Wildman–Crippen LogP) is 0.111. The lowest BCUT2D eigenvalue weighted by molar-refractivity contribution is -0.142. The molecule has 0 aliphatic carbocycles. The molecule has 4 atom stereocenters. The molecular weight excluding hydrogens is 242 g/mol. The van der Waals surface area contributed by atoms with E-state index in [0.717, 1.165) is 12.8 Å². The number of nitrogens with zero attached hydrogens (tertiary/aromatic N) is 1. The van der Waals surface area contributed by atoms with Gasteiger partial charge in [0.05, 0.1) is 17.4 Å². The van der Waals surface area contributed by atoms with Crippen molar-refractivity contribution >= 4 is 15.8 Å². The average Bonchev–Trinajstić information content (AvgIpc) is 2.88. The Morgan fingerprint density at radius 2 is 1.94 bits per heavy atom. The molecule has 3 rings (SSSR count). The molecule has 6 heteroatoms. The second-order valence-corrected chi connectivity index (χ2v) is 7.71. The van der Waals surface area contributed by atoms with Crippen LogP contribution >= 0.6 is 0 Å². The van der Waals surface area contributed by atoms with Gasteiger partial charge in [0, 0.05) is 18.1 Å². The summed E-state index contributed by atoms with van der Waals surface area (Å²) in [4.78, 5) is 13.3. The number of sulfone groups is 1. The molecule has 3 aliphatic rings. The maximum atomic E-state index is 11.5. The fraction of sp³-hybridized carbons (Fsp3) is 0.909. The third-order valence-corrected chi connectivity index (χ3v) is 6.29. The lowest BCUT2D eigenvalue weighted by Crippen LogP contribution is -2.41. The van der Waals surface area contributed by atoms with Crippen LogP contribution in [-0.4, -0.2) is 54.0 Å². The number of hydrogen-bond donors (Lipinski definition) is 1. The van der Waals surface area contributed by atoms with Crippen LogP contribution in [0.2, 0.25) is 0 Å². The monoisotopic (exact) mass is 259 g/mol. The molecule has 3 saturated heterocycles. The highest BCUT2D eigenvalue weighted by molar-refractivity contribution is 7.91. The van der Waals surface area contributed by atoms with Crippen molar-refractivity contribution in [2.45, 2.75) is 43.8 Å². The van der Waals surface area contributed by atoms with Crippen LogP contribution in [0, 0.1) is 5.92 Å². The number of fused-ring (bicyclic) bond motifs is 2. The summed E-state index contributed by atoms with van der Waals surface area (Å²) in [7, 11) is -2.88. The van der Waals surface area contributed by atoms with Crippen LogP contribution in [0.4, 0.5) is 0 Å². The van der Waals surface area contributed by atoms with Crippen molar-refractivity contribution in [1.29, 1.82) is 0 Å². The van der Waals surface area contributed by atoms with Crippen molar-refractivity contribution in [3.05, 3.63) is 0 Å². The highest BCUT2D eigenvalue weighted by atomic mass is 32.2. The van der Waals surface area contributed by atoms with Crippen LogP contribution in [0.15, 0.2) is 0 Å². The van der Waals surface area contributed by atoms with E-state index in [2.05, 4.69) is 4.90 Å². The Labute approximate surface area is 101 Å². The molecule has 0 aromatic carbocycles. The van der Waals surface area contributed by atoms with Crippen LogP contribution in [0.3, 0.4) is 0 Å². The molecular formula is C11H17NO4S. The van der Waals surface area contributed by atoms with E-state index in [1.807, 2.05) is 0 Å². The number of carboxylic acids is 1. The van der Waals surface area contributed by atoms with Crippen molar-refractivity contribution < 1.29 is 18.3 Å². The zero-order valence-corrected chi connectivity index (χ0v) is 10.4. The zero-order valence-electron chi connectivity index (χ0n) is 9.58. The van der Waals surface area contributed by atoms with Gasteiger partial charge in [-0.15, -0.1) is 0 Å². The van der Waals surface area contributed by atoms with Crippen molar-refractivity contribution in [2.75, 3.05) is 11.5 Å². The minimum atomic E-state index is -2.88. The molecule has 1 N–H and O–H groups in total. The molecule has 0 spiro atoms. The lowest BCUT2D eigenvalue weighted by atomic mass is 9.89. The third-order valence-electron chi connectivity index (χ3n) is 4.54. The molecule has 2 bridgehead atoms. The Morgan fingerprint density at radius 3 is 2.47 bits per heavy atom. The standard InChI is InChI=1S/C11H17NO4S/c13-11(14)9-5-7-1-2-10(9)12(7)8-3-4-17(15,16)6-8/h7-10H,1-6H2,(H,13,14). The van der Waals surface area contributed by atoms with Gasteiger partial charge < -0.3 is 5.11 Å². The molecule has 4 unspecified atom stereocenters. The largest absolute Gasteiger partial charge is 0.481 e. The predicted molar refractivity (Wildman–Crippen MR) is 61.5 cm³/mol. The molecule has 17 heavy (non-hydrogen) atoms. The van der Waals surface area contributed by atoms with Crippen molar-refractivity contribution in [2.24, 2.45) is 5.92 Å². The summed E-state index contributed by atoms with van der Waals surface area (Å²) in [5, 5.41) is 9.15. The van der Waals surface area contributed by atoms with Gasteiger partial charge in [-0.25, -0.2) is 8.42 Å². The van der Waals surface area contributed by atoms with Crippen molar-refractivity contribution in [3.63, 3.8) is 0 Å². The zero-order chi connectivity index (χ0) is 12.2. The minimum Gasteiger partial charge on any atom is -0.481 e. The Hall–Kier alpha value is -0.620. The van der Waals surface area contributed by atoms with Crippen molar-refractivity contribution in [3.8, 4) is 0 Å². The smallest absolute Gasteiger partial charge is 0.308 e. The fourth-order valence-corrected chi connectivity index (χ4v) is 5.60. The van der Waals surface area contributed by atoms with Gasteiger partial charge in [0.2, 0.25) is 0 Å². The van der Waals surface area contributed by atoms with Crippen LogP contribution in [0.1, 0.15) is 25.7 Å². The number of carboxylic acid groups (broad SMARTS) is 1. The molecule has 3 aliphatic heterocycles. The van der Waals surface area contributed by atoms with Gasteiger partial charge in [0.1, 0.15) is 0 Å². The molecule has 3 heterocycles. The van der Waals surface area contributed by atoms with Gasteiger partial charge in [-0.05, 0) is 25.7 Å². The molecule has 5 nitrogen and oxygen atoms in total. The fourth-order valence-electron chi connectivity index (χ4n) is 3.88. The van der Waals surface area contributed by atoms with E-state index in [4.69, 9.17) is 5.11 Å². The maximum Gasteiger partial charge on any atom is 0.308 e. The molecule has 0 aromatic rings. The van der Waals surface area contributed by atoms with Gasteiger partial charge >= 0.3 is 5.97 Å². The van der Waals surface area contributed by atoms with Gasteiger partial charge in [0.25, 0.3) is 0 Å². The Bertz CT molecular complexity index is 446. The molecule has 0 radical (unpaired) electrons. The summed E-state index contributed by atoms with van der Waals surface area (Å²) in [5.41, 5.74) is 0. The highest BCUT2D eigenvalue weighted by Gasteiger charge is 2.52. The van der Waals surface area contributed by atoms with E-state index in [0.29, 0.717) is 18.9 Å². The van der Waals surface area contributed by atoms with E-state index in [-0.39, 0.29) is 29.5 Å². The third kappa shape index (κ3) is 1.78. The molecule has 0 aromatic heterocycles. The van der Waals surface area contributed by atoms with E-state index in [1.54, 1.807) is 0 Å². The first-order chi connectivity index (χ1) is 7.98. The first-order valence-electron chi connectivity index (χ1n) is 6.18. The minimum absolute atomic E-state index is 0.0712. The SMILES string of the molecule is O=C(O)C1CC2CCC1N2C1CCS(=O)(=O)C1. The number of hydrogen-bond acceptors (Lipinski definition) is 4. The van der Waals surface area contributed by atoms with Crippen LogP contribution in [-0.2, 0) is 14.6 Å². The van der Waals surface area contributed by atoms with Crippen molar-refractivity contribution in [1.82, 2.24) is 4.90 Å². The summed E-state index contributed by atoms with van der Waals surface area (Å²) in [5.74, 6) is -0.502. The summed E-state index contributed by atoms with van der Waals surface area (Å²) in [6.07, 6.45) is 3.33. The van der Waals surface area contributed by atoms with Gasteiger partial charge in [0.15, 0.2) is 9.84 Å². The molecule has 3 fully saturated rings. The first-order valence-corrected chi connectivity index (χ1v) is 8.01. The normalized spacial score (nSPS) is 44.2. The highest BCUT2D eigenvalue weighted by Crippen LogP contribution is 2.44. The van der Waals surface area contributed by atoms with Crippen LogP contribution in [0.5, 0.6) is 0 Å². The molecule has 96 valence electrons. The number of carbonyl (C=O) groups is 1. The Kier molecular flexibility index (Phi) is 2.49. The second-order valence-electron chi connectivity index (χ2n) is 5.48. The first kappa shape index (κ1) is 11.5. The van der Waals surface area contributed by atoms with Gasteiger partial charge in [-0.1, -0.05) is 0 Å². The van der Waals surface area contributed by atoms with Gasteiger partial charge in [-0.2, -0.15) is 0 Å². The molecule has 0 saturated carbocycles. The lowest BCUT2D eigenvalue weighted by Gasteiger charge is -2.28.